The molecule has 38 heavy (non-hydrogen) atoms. The van der Waals surface area contributed by atoms with E-state index in [4.69, 9.17) is 17.3 Å². The number of nitrogens with one attached hydrogen (secondary N) is 1. The van der Waals surface area contributed by atoms with Crippen LogP contribution < -0.4 is 19.8 Å². The third-order valence-electron chi connectivity index (χ3n) is 5.53. The van der Waals surface area contributed by atoms with Crippen molar-refractivity contribution in [3.63, 3.8) is 0 Å². The van der Waals surface area contributed by atoms with Crippen molar-refractivity contribution in [2.75, 3.05) is 24.8 Å². The van der Waals surface area contributed by atoms with Crippen LogP contribution in [0.15, 0.2) is 40.0 Å². The Morgan fingerprint density at radius 2 is 2.11 bits per heavy atom. The summed E-state index contributed by atoms with van der Waals surface area (Å²) < 4.78 is 78.5. The minimum Gasteiger partial charge on any atom is -0.476 e. The van der Waals surface area contributed by atoms with Gasteiger partial charge in [-0.05, 0) is 36.4 Å². The van der Waals surface area contributed by atoms with Crippen molar-refractivity contribution in [3.8, 4) is 11.7 Å². The van der Waals surface area contributed by atoms with E-state index < -0.39 is 47.8 Å². The highest BCUT2D eigenvalue weighted by Gasteiger charge is 2.41. The quantitative estimate of drug-likeness (QED) is 0.366. The molecule has 2 aromatic rings. The molecular formula is C25H39N7O4SSi. The SMILES string of the molecule is [2H]C([2H])([2H])[C@@H]1CN(c2nc(-n3ccc(OCC(C)(C)C)n3)ccc2C(=O)NS(=O)(=O)C(C=NC)=C(C)N)[Si](C)(C)C1([2H])[2H]. The number of nitrogens with two attached hydrogens (primary N) is 1. The Labute approximate surface area is 233 Å². The lowest BCUT2D eigenvalue weighted by molar-refractivity contribution is 0.0982. The number of aromatic nitrogens is 3. The number of sulfonamides is 1. The number of carbonyl (C=O) groups excluding carboxylic acids is 1. The number of nitrogens with zero attached hydrogens (tertiary/aromatic N) is 5. The van der Waals surface area contributed by atoms with Gasteiger partial charge in [0.15, 0.2) is 14.1 Å². The number of ether oxygens (including phenoxy) is 1. The van der Waals surface area contributed by atoms with Gasteiger partial charge in [0.25, 0.3) is 15.9 Å². The third kappa shape index (κ3) is 6.81. The van der Waals surface area contributed by atoms with Crippen LogP contribution in [0.5, 0.6) is 5.88 Å². The first-order chi connectivity index (χ1) is 19.5. The Hall–Kier alpha value is -3.19. The van der Waals surface area contributed by atoms with Crippen molar-refractivity contribution >= 4 is 36.2 Å². The number of allylic oxidation sites excluding steroid dienone is 2. The van der Waals surface area contributed by atoms with E-state index in [1.807, 2.05) is 25.5 Å². The predicted octanol–water partition coefficient (Wildman–Crippen LogP) is 3.30. The van der Waals surface area contributed by atoms with Crippen molar-refractivity contribution in [2.24, 2.45) is 22.1 Å². The molecule has 0 saturated carbocycles. The first-order valence-electron chi connectivity index (χ1n) is 14.5. The lowest BCUT2D eigenvalue weighted by Gasteiger charge is -2.32. The molecule has 0 unspecified atom stereocenters. The number of aliphatic imine (C=N–C) groups is 1. The summed E-state index contributed by atoms with van der Waals surface area (Å²) in [6.07, 6.45) is 2.60. The van der Waals surface area contributed by atoms with Gasteiger partial charge in [-0.2, -0.15) is 0 Å². The summed E-state index contributed by atoms with van der Waals surface area (Å²) in [5, 5.41) is 4.40. The molecule has 3 rings (SSSR count). The van der Waals surface area contributed by atoms with Crippen molar-refractivity contribution < 1.29 is 24.8 Å². The van der Waals surface area contributed by atoms with Crippen LogP contribution in [0.25, 0.3) is 5.82 Å². The van der Waals surface area contributed by atoms with Crippen LogP contribution in [0.3, 0.4) is 0 Å². The van der Waals surface area contributed by atoms with Gasteiger partial charge in [0.2, 0.25) is 5.88 Å². The van der Waals surface area contributed by atoms with Gasteiger partial charge in [-0.3, -0.25) is 9.79 Å². The molecule has 1 fully saturated rings. The third-order valence-corrected chi connectivity index (χ3v) is 9.79. The topological polar surface area (TPSA) is 145 Å². The zero-order valence-corrected chi connectivity index (χ0v) is 24.5. The summed E-state index contributed by atoms with van der Waals surface area (Å²) in [7, 11) is -6.45. The molecule has 3 N–H and O–H groups in total. The minimum atomic E-state index is -4.46. The fraction of sp³-hybridized carbons (Fsp3) is 0.520. The fourth-order valence-corrected chi connectivity index (χ4v) is 7.37. The molecule has 0 aromatic carbocycles. The predicted molar refractivity (Wildman–Crippen MR) is 153 cm³/mol. The van der Waals surface area contributed by atoms with E-state index in [1.54, 1.807) is 25.4 Å². The highest BCUT2D eigenvalue weighted by molar-refractivity contribution is 7.94. The summed E-state index contributed by atoms with van der Waals surface area (Å²) in [5.41, 5.74) is 5.32. The molecule has 3 heterocycles. The lowest BCUT2D eigenvalue weighted by Crippen LogP contribution is -2.45. The Bertz CT molecular complexity index is 1550. The number of carbonyl (C=O) groups is 1. The lowest BCUT2D eigenvalue weighted by atomic mass is 9.99. The van der Waals surface area contributed by atoms with Crippen molar-refractivity contribution in [1.29, 1.82) is 0 Å². The molecule has 1 amide bonds. The molecule has 1 atom stereocenters. The molecule has 11 nitrogen and oxygen atoms in total. The number of anilines is 1. The average Bonchev–Trinajstić information content (AvgIpc) is 3.40. The van der Waals surface area contributed by atoms with Crippen LogP contribution >= 0.6 is 0 Å². The maximum atomic E-state index is 13.6. The molecular weight excluding hydrogens is 522 g/mol. The zero-order chi connectivity index (χ0) is 32.8. The second-order valence-electron chi connectivity index (χ2n) is 10.7. The number of hydrogen-bond acceptors (Lipinski definition) is 9. The molecule has 208 valence electrons. The van der Waals surface area contributed by atoms with Crippen LogP contribution in [0.1, 0.15) is 51.8 Å². The number of pyridine rings is 1. The van der Waals surface area contributed by atoms with E-state index in [0.29, 0.717) is 12.5 Å². The second kappa shape index (κ2) is 10.9. The Balaban J connectivity index is 2.16. The van der Waals surface area contributed by atoms with Gasteiger partial charge in [0, 0.05) is 44.6 Å². The van der Waals surface area contributed by atoms with Gasteiger partial charge in [0.05, 0.1) is 12.2 Å². The maximum Gasteiger partial charge on any atom is 0.268 e. The van der Waals surface area contributed by atoms with Crippen LogP contribution in [-0.4, -0.2) is 63.7 Å². The standard InChI is InChI=1S/C25H39N7O4SSi/c1-17-14-32(38(7,8)15-17)23-19(24(33)30-37(34,35)20(13-27-6)18(2)26)9-10-21(28-23)31-12-11-22(29-31)36-16-25(3,4)5/h9-13,17H,14-16,26H2,1-8H3,(H,30,33)/t17-/m1/s1/i1D3,15D2. The van der Waals surface area contributed by atoms with Crippen molar-refractivity contribution in [3.05, 3.63) is 40.6 Å². The smallest absolute Gasteiger partial charge is 0.268 e. The van der Waals surface area contributed by atoms with E-state index >= 15 is 0 Å². The molecule has 0 bridgehead atoms. The molecule has 0 aliphatic carbocycles. The highest BCUT2D eigenvalue weighted by atomic mass is 32.2. The Morgan fingerprint density at radius 1 is 1.39 bits per heavy atom. The van der Waals surface area contributed by atoms with Crippen LogP contribution in [-0.2, 0) is 10.0 Å². The van der Waals surface area contributed by atoms with E-state index in [0.717, 1.165) is 6.21 Å². The van der Waals surface area contributed by atoms with Crippen LogP contribution in [0.4, 0.5) is 5.82 Å². The highest BCUT2D eigenvalue weighted by Crippen LogP contribution is 2.36. The summed E-state index contributed by atoms with van der Waals surface area (Å²) in [6.45, 7) is 8.18. The Kier molecular flexibility index (Phi) is 6.52. The van der Waals surface area contributed by atoms with Crippen LogP contribution in [0, 0.1) is 11.3 Å². The second-order valence-corrected chi connectivity index (χ2v) is 16.3. The van der Waals surface area contributed by atoms with E-state index in [9.17, 15) is 13.2 Å². The molecule has 1 saturated heterocycles. The molecule has 0 spiro atoms. The molecule has 1 aliphatic rings. The van der Waals surface area contributed by atoms with Gasteiger partial charge < -0.3 is 15.0 Å². The summed E-state index contributed by atoms with van der Waals surface area (Å²) in [6, 6.07) is 4.43. The molecule has 13 heteroatoms. The van der Waals surface area contributed by atoms with Gasteiger partial charge in [-0.1, -0.05) is 40.7 Å². The van der Waals surface area contributed by atoms with Crippen molar-refractivity contribution in [2.45, 2.75) is 53.6 Å². The molecule has 1 aliphatic heterocycles. The van der Waals surface area contributed by atoms with Gasteiger partial charge >= 0.3 is 0 Å². The van der Waals surface area contributed by atoms with Gasteiger partial charge in [0.1, 0.15) is 10.7 Å². The average molecular weight is 567 g/mol. The number of rotatable bonds is 8. The van der Waals surface area contributed by atoms with E-state index in [1.165, 1.54) is 35.4 Å². The first kappa shape index (κ1) is 22.8. The Morgan fingerprint density at radius 3 is 2.68 bits per heavy atom. The fourth-order valence-electron chi connectivity index (χ4n) is 3.80. The molecule has 0 radical (unpaired) electrons. The maximum absolute atomic E-state index is 13.6. The van der Waals surface area contributed by atoms with Gasteiger partial charge in [-0.15, -0.1) is 5.10 Å². The largest absolute Gasteiger partial charge is 0.476 e. The van der Waals surface area contributed by atoms with E-state index in [-0.39, 0.29) is 34.9 Å². The molecule has 2 aromatic heterocycles. The first-order valence-corrected chi connectivity index (χ1v) is 16.4. The summed E-state index contributed by atoms with van der Waals surface area (Å²) in [5.74, 6) is -4.06. The zero-order valence-electron chi connectivity index (χ0n) is 27.7. The number of amides is 1. The summed E-state index contributed by atoms with van der Waals surface area (Å²) in [4.78, 5) is 21.5. The van der Waals surface area contributed by atoms with E-state index in [2.05, 4.69) is 15.1 Å². The van der Waals surface area contributed by atoms with Gasteiger partial charge in [-0.25, -0.2) is 22.8 Å². The monoisotopic (exact) mass is 566 g/mol. The minimum absolute atomic E-state index is 0.0655. The summed E-state index contributed by atoms with van der Waals surface area (Å²) >= 11 is 0. The normalized spacial score (nSPS) is 22.1. The van der Waals surface area contributed by atoms with Crippen molar-refractivity contribution in [1.82, 2.24) is 19.5 Å². The number of hydrogen-bond donors (Lipinski definition) is 2. The van der Waals surface area contributed by atoms with Crippen LogP contribution in [0.2, 0.25) is 19.1 Å².